The van der Waals surface area contributed by atoms with Crippen molar-refractivity contribution in [1.29, 1.82) is 0 Å². The number of hydrogen-bond donors (Lipinski definition) is 1. The standard InChI is InChI=1S/C16H17NO3/c18-15-7-1-2-10-17(15)13-5-3-6-14(11-13)20-12-16(19)8-4-9-16/h1-3,5-7,10-11,19H,4,8-9,12H2. The molecule has 1 saturated carbocycles. The summed E-state index contributed by atoms with van der Waals surface area (Å²) in [4.78, 5) is 11.8. The zero-order chi connectivity index (χ0) is 14.0. The van der Waals surface area contributed by atoms with Crippen LogP contribution in [0.15, 0.2) is 53.5 Å². The zero-order valence-electron chi connectivity index (χ0n) is 11.2. The molecule has 0 aliphatic heterocycles. The Morgan fingerprint density at radius 1 is 1.20 bits per heavy atom. The number of rotatable bonds is 4. The van der Waals surface area contributed by atoms with E-state index in [0.29, 0.717) is 12.4 Å². The second-order valence-electron chi connectivity index (χ2n) is 5.27. The van der Waals surface area contributed by atoms with Gasteiger partial charge in [-0.25, -0.2) is 0 Å². The van der Waals surface area contributed by atoms with Crippen LogP contribution in [-0.2, 0) is 0 Å². The minimum atomic E-state index is -0.667. The molecular formula is C16H17NO3. The van der Waals surface area contributed by atoms with Gasteiger partial charge in [-0.2, -0.15) is 0 Å². The number of aliphatic hydroxyl groups is 1. The summed E-state index contributed by atoms with van der Waals surface area (Å²) in [5, 5.41) is 10.0. The Morgan fingerprint density at radius 3 is 2.75 bits per heavy atom. The van der Waals surface area contributed by atoms with Gasteiger partial charge in [-0.3, -0.25) is 9.36 Å². The lowest BCUT2D eigenvalue weighted by Gasteiger charge is -2.36. The van der Waals surface area contributed by atoms with E-state index >= 15 is 0 Å². The van der Waals surface area contributed by atoms with E-state index in [-0.39, 0.29) is 5.56 Å². The van der Waals surface area contributed by atoms with Gasteiger partial charge < -0.3 is 9.84 Å². The maximum Gasteiger partial charge on any atom is 0.255 e. The van der Waals surface area contributed by atoms with Gasteiger partial charge in [0.05, 0.1) is 11.3 Å². The van der Waals surface area contributed by atoms with E-state index in [1.54, 1.807) is 16.8 Å². The molecule has 0 bridgehead atoms. The summed E-state index contributed by atoms with van der Waals surface area (Å²) in [5.41, 5.74) is 0.00975. The quantitative estimate of drug-likeness (QED) is 0.926. The van der Waals surface area contributed by atoms with Crippen molar-refractivity contribution in [2.45, 2.75) is 24.9 Å². The molecule has 104 valence electrons. The normalized spacial score (nSPS) is 16.4. The summed E-state index contributed by atoms with van der Waals surface area (Å²) in [7, 11) is 0. The molecule has 1 fully saturated rings. The molecule has 1 aromatic carbocycles. The number of nitrogens with zero attached hydrogens (tertiary/aromatic N) is 1. The molecule has 2 aromatic rings. The van der Waals surface area contributed by atoms with E-state index in [9.17, 15) is 9.90 Å². The van der Waals surface area contributed by atoms with Crippen LogP contribution in [0.5, 0.6) is 5.75 Å². The Morgan fingerprint density at radius 2 is 2.05 bits per heavy atom. The van der Waals surface area contributed by atoms with Gasteiger partial charge in [-0.1, -0.05) is 12.1 Å². The van der Waals surface area contributed by atoms with Gasteiger partial charge in [0.1, 0.15) is 12.4 Å². The largest absolute Gasteiger partial charge is 0.491 e. The SMILES string of the molecule is O=c1ccccn1-c1cccc(OCC2(O)CCC2)c1. The molecule has 1 aliphatic rings. The summed E-state index contributed by atoms with van der Waals surface area (Å²) >= 11 is 0. The molecule has 0 radical (unpaired) electrons. The number of hydrogen-bond acceptors (Lipinski definition) is 3. The highest BCUT2D eigenvalue weighted by molar-refractivity contribution is 5.39. The van der Waals surface area contributed by atoms with Gasteiger partial charge in [-0.15, -0.1) is 0 Å². The Balaban J connectivity index is 1.79. The molecule has 4 heteroatoms. The highest BCUT2D eigenvalue weighted by Gasteiger charge is 2.35. The topological polar surface area (TPSA) is 51.5 Å². The lowest BCUT2D eigenvalue weighted by molar-refractivity contribution is -0.0663. The Hall–Kier alpha value is -2.07. The van der Waals surface area contributed by atoms with Crippen molar-refractivity contribution in [3.63, 3.8) is 0 Å². The predicted molar refractivity (Wildman–Crippen MR) is 76.3 cm³/mol. The Labute approximate surface area is 117 Å². The summed E-state index contributed by atoms with van der Waals surface area (Å²) in [5.74, 6) is 0.665. The number of benzene rings is 1. The molecule has 1 aromatic heterocycles. The van der Waals surface area contributed by atoms with E-state index in [1.165, 1.54) is 6.07 Å². The van der Waals surface area contributed by atoms with Crippen molar-refractivity contribution in [1.82, 2.24) is 4.57 Å². The van der Waals surface area contributed by atoms with Gasteiger partial charge >= 0.3 is 0 Å². The van der Waals surface area contributed by atoms with Crippen molar-refractivity contribution in [3.05, 3.63) is 59.0 Å². The molecule has 1 N–H and O–H groups in total. The first-order valence-electron chi connectivity index (χ1n) is 6.80. The minimum absolute atomic E-state index is 0.0812. The Bertz CT molecular complexity index is 659. The van der Waals surface area contributed by atoms with Crippen molar-refractivity contribution in [2.24, 2.45) is 0 Å². The van der Waals surface area contributed by atoms with E-state index in [1.807, 2.05) is 30.3 Å². The van der Waals surface area contributed by atoms with Crippen molar-refractivity contribution in [3.8, 4) is 11.4 Å². The average molecular weight is 271 g/mol. The van der Waals surface area contributed by atoms with Gasteiger partial charge in [0.25, 0.3) is 5.56 Å². The second-order valence-corrected chi connectivity index (χ2v) is 5.27. The lowest BCUT2D eigenvalue weighted by Crippen LogP contribution is -2.42. The molecule has 4 nitrogen and oxygen atoms in total. The van der Waals surface area contributed by atoms with Crippen molar-refractivity contribution in [2.75, 3.05) is 6.61 Å². The van der Waals surface area contributed by atoms with E-state index in [4.69, 9.17) is 4.74 Å². The number of ether oxygens (including phenoxy) is 1. The van der Waals surface area contributed by atoms with Crippen LogP contribution in [0.2, 0.25) is 0 Å². The lowest BCUT2D eigenvalue weighted by atomic mass is 9.81. The van der Waals surface area contributed by atoms with Crippen LogP contribution < -0.4 is 10.3 Å². The highest BCUT2D eigenvalue weighted by Crippen LogP contribution is 2.32. The zero-order valence-corrected chi connectivity index (χ0v) is 11.2. The predicted octanol–water partition coefficient (Wildman–Crippen LogP) is 2.13. The number of aromatic nitrogens is 1. The van der Waals surface area contributed by atoms with Crippen LogP contribution in [-0.4, -0.2) is 21.9 Å². The van der Waals surface area contributed by atoms with E-state index < -0.39 is 5.60 Å². The van der Waals surface area contributed by atoms with Crippen molar-refractivity contribution >= 4 is 0 Å². The van der Waals surface area contributed by atoms with Gasteiger partial charge in [-0.05, 0) is 37.5 Å². The third-order valence-electron chi connectivity index (χ3n) is 3.71. The van der Waals surface area contributed by atoms with Gasteiger partial charge in [0.2, 0.25) is 0 Å². The fourth-order valence-electron chi connectivity index (χ4n) is 2.31. The van der Waals surface area contributed by atoms with Crippen LogP contribution in [0.25, 0.3) is 5.69 Å². The third-order valence-corrected chi connectivity index (χ3v) is 3.71. The summed E-state index contributed by atoms with van der Waals surface area (Å²) in [6, 6.07) is 12.4. The van der Waals surface area contributed by atoms with Gasteiger partial charge in [0, 0.05) is 18.3 Å². The first kappa shape index (κ1) is 12.9. The van der Waals surface area contributed by atoms with Crippen molar-refractivity contribution < 1.29 is 9.84 Å². The molecule has 20 heavy (non-hydrogen) atoms. The first-order valence-corrected chi connectivity index (χ1v) is 6.80. The van der Waals surface area contributed by atoms with Crippen LogP contribution in [0.3, 0.4) is 0 Å². The van der Waals surface area contributed by atoms with Crippen LogP contribution in [0.4, 0.5) is 0 Å². The fraction of sp³-hybridized carbons (Fsp3) is 0.312. The highest BCUT2D eigenvalue weighted by atomic mass is 16.5. The molecular weight excluding hydrogens is 254 g/mol. The fourth-order valence-corrected chi connectivity index (χ4v) is 2.31. The maximum absolute atomic E-state index is 11.8. The average Bonchev–Trinajstić information content (AvgIpc) is 2.44. The summed E-state index contributed by atoms with van der Waals surface area (Å²) < 4.78 is 7.21. The first-order chi connectivity index (χ1) is 9.66. The molecule has 3 rings (SSSR count). The van der Waals surface area contributed by atoms with Crippen LogP contribution >= 0.6 is 0 Å². The monoisotopic (exact) mass is 271 g/mol. The minimum Gasteiger partial charge on any atom is -0.491 e. The molecule has 0 spiro atoms. The smallest absolute Gasteiger partial charge is 0.255 e. The molecule has 0 amide bonds. The van der Waals surface area contributed by atoms with Crippen LogP contribution in [0.1, 0.15) is 19.3 Å². The van der Waals surface area contributed by atoms with Crippen LogP contribution in [0, 0.1) is 0 Å². The summed E-state index contributed by atoms with van der Waals surface area (Å²) in [6.07, 6.45) is 4.37. The Kier molecular flexibility index (Phi) is 3.32. The van der Waals surface area contributed by atoms with E-state index in [2.05, 4.69) is 0 Å². The number of pyridine rings is 1. The molecule has 0 saturated heterocycles. The molecule has 1 heterocycles. The second kappa shape index (κ2) is 5.13. The summed E-state index contributed by atoms with van der Waals surface area (Å²) in [6.45, 7) is 0.306. The van der Waals surface area contributed by atoms with E-state index in [0.717, 1.165) is 24.9 Å². The van der Waals surface area contributed by atoms with Gasteiger partial charge in [0.15, 0.2) is 0 Å². The molecule has 0 unspecified atom stereocenters. The molecule has 0 atom stereocenters. The third kappa shape index (κ3) is 2.60. The maximum atomic E-state index is 11.8. The molecule has 1 aliphatic carbocycles.